The highest BCUT2D eigenvalue weighted by atomic mass is 16.1. The van der Waals surface area contributed by atoms with E-state index in [0.29, 0.717) is 6.04 Å². The Labute approximate surface area is 159 Å². The summed E-state index contributed by atoms with van der Waals surface area (Å²) in [5.41, 5.74) is 5.58. The Bertz CT molecular complexity index is 694. The van der Waals surface area contributed by atoms with E-state index in [1.807, 2.05) is 24.3 Å². The molecule has 0 N–H and O–H groups in total. The Morgan fingerprint density at radius 2 is 1.96 bits per heavy atom. The summed E-state index contributed by atoms with van der Waals surface area (Å²) in [6.07, 6.45) is 13.3. The molecule has 1 aliphatic rings. The second-order valence-corrected chi connectivity index (χ2v) is 6.67. The van der Waals surface area contributed by atoms with Crippen molar-refractivity contribution in [1.29, 1.82) is 0 Å². The van der Waals surface area contributed by atoms with E-state index < -0.39 is 0 Å². The molecule has 0 aromatic heterocycles. The molecular formula is C24H33NO. The van der Waals surface area contributed by atoms with Crippen LogP contribution in [0.2, 0.25) is 0 Å². The van der Waals surface area contributed by atoms with Gasteiger partial charge in [-0.1, -0.05) is 58.1 Å². The van der Waals surface area contributed by atoms with E-state index >= 15 is 0 Å². The summed E-state index contributed by atoms with van der Waals surface area (Å²) in [5, 5.41) is 0. The van der Waals surface area contributed by atoms with Gasteiger partial charge in [0.1, 0.15) is 6.29 Å². The third-order valence-corrected chi connectivity index (χ3v) is 4.39. The first kappa shape index (κ1) is 21.7. The molecule has 1 aromatic carbocycles. The van der Waals surface area contributed by atoms with Gasteiger partial charge in [-0.2, -0.15) is 0 Å². The van der Waals surface area contributed by atoms with Gasteiger partial charge in [0.05, 0.1) is 0 Å². The first-order valence-corrected chi connectivity index (χ1v) is 9.55. The summed E-state index contributed by atoms with van der Waals surface area (Å²) in [5.74, 6) is 0. The molecule has 1 heterocycles. The van der Waals surface area contributed by atoms with Crippen LogP contribution in [-0.4, -0.2) is 18.9 Å². The molecule has 2 heteroatoms. The molecule has 0 saturated carbocycles. The lowest BCUT2D eigenvalue weighted by molar-refractivity contribution is 0.112. The molecule has 1 aromatic rings. The molecular weight excluding hydrogens is 318 g/mol. The van der Waals surface area contributed by atoms with Gasteiger partial charge >= 0.3 is 0 Å². The highest BCUT2D eigenvalue weighted by molar-refractivity contribution is 5.83. The van der Waals surface area contributed by atoms with Crippen LogP contribution >= 0.6 is 0 Å². The number of benzene rings is 1. The van der Waals surface area contributed by atoms with Crippen LogP contribution in [0.1, 0.15) is 63.4 Å². The second kappa shape index (κ2) is 11.3. The van der Waals surface area contributed by atoms with Crippen LogP contribution in [-0.2, 0) is 0 Å². The SMILES string of the molecule is C=C/C=C\C=C(/C)C1=Cc2cc(C=O)ccc2N(C(C)CC)C1.CCC. The molecule has 0 saturated heterocycles. The van der Waals surface area contributed by atoms with Gasteiger partial charge in [-0.05, 0) is 61.3 Å². The third-order valence-electron chi connectivity index (χ3n) is 4.39. The van der Waals surface area contributed by atoms with E-state index in [9.17, 15) is 4.79 Å². The van der Waals surface area contributed by atoms with Gasteiger partial charge in [0, 0.05) is 23.8 Å². The number of anilines is 1. The summed E-state index contributed by atoms with van der Waals surface area (Å²) in [6.45, 7) is 15.4. The van der Waals surface area contributed by atoms with E-state index in [1.54, 1.807) is 6.08 Å². The maximum absolute atomic E-state index is 11.1. The summed E-state index contributed by atoms with van der Waals surface area (Å²) >= 11 is 0. The molecule has 2 rings (SSSR count). The zero-order valence-electron chi connectivity index (χ0n) is 17.0. The van der Waals surface area contributed by atoms with Crippen molar-refractivity contribution in [3.63, 3.8) is 0 Å². The van der Waals surface area contributed by atoms with E-state index in [1.165, 1.54) is 23.3 Å². The van der Waals surface area contributed by atoms with Crippen LogP contribution in [0.3, 0.4) is 0 Å². The highest BCUT2D eigenvalue weighted by Crippen LogP contribution is 2.33. The minimum atomic E-state index is 0.455. The number of hydrogen-bond donors (Lipinski definition) is 0. The lowest BCUT2D eigenvalue weighted by atomic mass is 9.95. The normalized spacial score (nSPS) is 14.9. The van der Waals surface area contributed by atoms with Crippen LogP contribution in [0.25, 0.3) is 6.08 Å². The second-order valence-electron chi connectivity index (χ2n) is 6.67. The standard InChI is InChI=1S/C21H25NO.C3H8/c1-5-7-8-9-16(3)20-13-19-12-18(15-23)10-11-21(19)22(14-20)17(4)6-2;1-3-2/h5,7-13,15,17H,1,6,14H2,2-4H3;3H2,1-2H3/b8-7-,16-9+;. The summed E-state index contributed by atoms with van der Waals surface area (Å²) < 4.78 is 0. The predicted octanol–water partition coefficient (Wildman–Crippen LogP) is 6.61. The van der Waals surface area contributed by atoms with Gasteiger partial charge in [-0.15, -0.1) is 0 Å². The van der Waals surface area contributed by atoms with Crippen LogP contribution in [0.5, 0.6) is 0 Å². The summed E-state index contributed by atoms with van der Waals surface area (Å²) in [4.78, 5) is 13.5. The lowest BCUT2D eigenvalue weighted by Gasteiger charge is -2.36. The number of aldehydes is 1. The average Bonchev–Trinajstić information content (AvgIpc) is 2.66. The van der Waals surface area contributed by atoms with E-state index in [-0.39, 0.29) is 0 Å². The number of nitrogens with zero attached hydrogens (tertiary/aromatic N) is 1. The van der Waals surface area contributed by atoms with Crippen molar-refractivity contribution in [2.24, 2.45) is 0 Å². The fourth-order valence-corrected chi connectivity index (χ4v) is 2.76. The van der Waals surface area contributed by atoms with Gasteiger partial charge in [0.25, 0.3) is 0 Å². The topological polar surface area (TPSA) is 20.3 Å². The van der Waals surface area contributed by atoms with E-state index in [4.69, 9.17) is 0 Å². The maximum Gasteiger partial charge on any atom is 0.150 e. The largest absolute Gasteiger partial charge is 0.364 e. The number of hydrogen-bond acceptors (Lipinski definition) is 2. The minimum Gasteiger partial charge on any atom is -0.364 e. The van der Waals surface area contributed by atoms with Crippen molar-refractivity contribution < 1.29 is 4.79 Å². The van der Waals surface area contributed by atoms with Crippen molar-refractivity contribution >= 4 is 18.0 Å². The monoisotopic (exact) mass is 351 g/mol. The molecule has 26 heavy (non-hydrogen) atoms. The Kier molecular flexibility index (Phi) is 9.43. The van der Waals surface area contributed by atoms with E-state index in [0.717, 1.165) is 30.4 Å². The smallest absolute Gasteiger partial charge is 0.150 e. The fraction of sp³-hybridized carbons (Fsp3) is 0.375. The Balaban J connectivity index is 0.00000105. The average molecular weight is 352 g/mol. The Morgan fingerprint density at radius 1 is 1.27 bits per heavy atom. The van der Waals surface area contributed by atoms with Gasteiger partial charge in [-0.3, -0.25) is 4.79 Å². The van der Waals surface area contributed by atoms with Crippen LogP contribution < -0.4 is 4.90 Å². The van der Waals surface area contributed by atoms with Crippen LogP contribution in [0.15, 0.2) is 60.2 Å². The van der Waals surface area contributed by atoms with Crippen molar-refractivity contribution in [3.8, 4) is 0 Å². The molecule has 0 bridgehead atoms. The number of allylic oxidation sites excluding steroid dienone is 4. The Morgan fingerprint density at radius 3 is 2.54 bits per heavy atom. The zero-order valence-corrected chi connectivity index (χ0v) is 17.0. The molecule has 1 atom stereocenters. The van der Waals surface area contributed by atoms with Gasteiger partial charge in [0.15, 0.2) is 0 Å². The van der Waals surface area contributed by atoms with Crippen LogP contribution in [0.4, 0.5) is 5.69 Å². The highest BCUT2D eigenvalue weighted by Gasteiger charge is 2.22. The first-order valence-electron chi connectivity index (χ1n) is 9.55. The van der Waals surface area contributed by atoms with Crippen molar-refractivity contribution in [2.75, 3.05) is 11.4 Å². The lowest BCUT2D eigenvalue weighted by Crippen LogP contribution is -2.36. The van der Waals surface area contributed by atoms with Gasteiger partial charge < -0.3 is 4.90 Å². The molecule has 0 radical (unpaired) electrons. The number of rotatable bonds is 6. The molecule has 0 spiro atoms. The molecule has 0 fully saturated rings. The third kappa shape index (κ3) is 5.87. The number of fused-ring (bicyclic) bond motifs is 1. The summed E-state index contributed by atoms with van der Waals surface area (Å²) in [7, 11) is 0. The van der Waals surface area contributed by atoms with Crippen molar-refractivity contribution in [3.05, 3.63) is 71.4 Å². The summed E-state index contributed by atoms with van der Waals surface area (Å²) in [6, 6.07) is 6.39. The van der Waals surface area contributed by atoms with E-state index in [2.05, 4.69) is 64.3 Å². The molecule has 1 aliphatic heterocycles. The van der Waals surface area contributed by atoms with Crippen molar-refractivity contribution in [1.82, 2.24) is 0 Å². The predicted molar refractivity (Wildman–Crippen MR) is 116 cm³/mol. The quantitative estimate of drug-likeness (QED) is 0.425. The van der Waals surface area contributed by atoms with Crippen molar-refractivity contribution in [2.45, 2.75) is 53.5 Å². The maximum atomic E-state index is 11.1. The Hall–Kier alpha value is -2.35. The number of carbonyl (C=O) groups excluding carboxylic acids is 1. The first-order chi connectivity index (χ1) is 12.5. The zero-order chi connectivity index (χ0) is 19.5. The minimum absolute atomic E-state index is 0.455. The number of carbonyl (C=O) groups is 1. The molecule has 140 valence electrons. The molecule has 0 amide bonds. The fourth-order valence-electron chi connectivity index (χ4n) is 2.76. The molecule has 0 aliphatic carbocycles. The molecule has 1 unspecified atom stereocenters. The van der Waals surface area contributed by atoms with Gasteiger partial charge in [-0.25, -0.2) is 0 Å². The van der Waals surface area contributed by atoms with Crippen LogP contribution in [0, 0.1) is 0 Å². The molecule has 2 nitrogen and oxygen atoms in total. The van der Waals surface area contributed by atoms with Gasteiger partial charge in [0.2, 0.25) is 0 Å².